The maximum absolute atomic E-state index is 12.3. The molecule has 0 amide bonds. The van der Waals surface area contributed by atoms with E-state index in [0.717, 1.165) is 5.56 Å². The van der Waals surface area contributed by atoms with E-state index in [1.54, 1.807) is 30.5 Å². The molecule has 0 N–H and O–H groups in total. The Morgan fingerprint density at radius 1 is 1.11 bits per heavy atom. The molecule has 0 saturated heterocycles. The zero-order chi connectivity index (χ0) is 13.1. The molecule has 2 rings (SSSR count). The first-order valence-corrected chi connectivity index (χ1v) is 5.51. The lowest BCUT2D eigenvalue weighted by Gasteiger charge is -2.08. The van der Waals surface area contributed by atoms with Gasteiger partial charge < -0.3 is 4.74 Å². The van der Waals surface area contributed by atoms with E-state index in [1.165, 1.54) is 11.7 Å². The topological polar surface area (TPSA) is 48.3 Å². The number of carbonyl (C=O) groups is 2. The molecule has 0 fully saturated rings. The Labute approximate surface area is 105 Å². The fourth-order valence-electron chi connectivity index (χ4n) is 1.77. The normalized spacial score (nSPS) is 10.1. The second kappa shape index (κ2) is 4.87. The molecule has 92 valence electrons. The minimum absolute atomic E-state index is 0.228. The van der Waals surface area contributed by atoms with E-state index in [0.29, 0.717) is 5.56 Å². The number of rotatable bonds is 2. The lowest BCUT2D eigenvalue weighted by molar-refractivity contribution is 0.0583. The van der Waals surface area contributed by atoms with Crippen LogP contribution in [-0.2, 0) is 4.74 Å². The molecule has 0 unspecified atom stereocenters. The molecule has 1 aromatic carbocycles. The summed E-state index contributed by atoms with van der Waals surface area (Å²) in [7, 11) is 1.29. The zero-order valence-corrected chi connectivity index (χ0v) is 10.2. The Hall–Kier alpha value is -2.36. The van der Waals surface area contributed by atoms with Crippen LogP contribution in [0, 0.1) is 6.92 Å². The summed E-state index contributed by atoms with van der Waals surface area (Å²) < 4.78 is 5.94. The molecule has 0 aliphatic carbocycles. The minimum Gasteiger partial charge on any atom is -0.464 e. The van der Waals surface area contributed by atoms with E-state index in [2.05, 4.69) is 4.74 Å². The van der Waals surface area contributed by atoms with Crippen LogP contribution in [0.25, 0.3) is 0 Å². The Morgan fingerprint density at radius 2 is 1.83 bits per heavy atom. The maximum Gasteiger partial charge on any atom is 0.355 e. The van der Waals surface area contributed by atoms with Gasteiger partial charge in [0.15, 0.2) is 0 Å². The van der Waals surface area contributed by atoms with E-state index < -0.39 is 5.97 Å². The average molecular weight is 243 g/mol. The van der Waals surface area contributed by atoms with E-state index in [4.69, 9.17) is 0 Å². The number of hydrogen-bond donors (Lipinski definition) is 0. The van der Waals surface area contributed by atoms with Crippen LogP contribution in [-0.4, -0.2) is 23.6 Å². The molecule has 0 saturated carbocycles. The SMILES string of the molecule is COC(=O)c1cccn1C(=O)c1ccccc1C. The smallest absolute Gasteiger partial charge is 0.355 e. The van der Waals surface area contributed by atoms with Gasteiger partial charge in [0.05, 0.1) is 7.11 Å². The van der Waals surface area contributed by atoms with Crippen molar-refractivity contribution in [1.29, 1.82) is 0 Å². The summed E-state index contributed by atoms with van der Waals surface area (Å²) in [6, 6.07) is 10.4. The van der Waals surface area contributed by atoms with Crippen LogP contribution >= 0.6 is 0 Å². The van der Waals surface area contributed by atoms with Gasteiger partial charge in [0, 0.05) is 11.8 Å². The molecule has 4 heteroatoms. The molecule has 0 bridgehead atoms. The van der Waals surface area contributed by atoms with Gasteiger partial charge in [-0.1, -0.05) is 18.2 Å². The first-order chi connectivity index (χ1) is 8.65. The first-order valence-electron chi connectivity index (χ1n) is 5.51. The molecule has 2 aromatic rings. The fraction of sp³-hybridized carbons (Fsp3) is 0.143. The van der Waals surface area contributed by atoms with Crippen LogP contribution in [0.3, 0.4) is 0 Å². The maximum atomic E-state index is 12.3. The van der Waals surface area contributed by atoms with Crippen molar-refractivity contribution in [1.82, 2.24) is 4.57 Å². The van der Waals surface area contributed by atoms with E-state index in [9.17, 15) is 9.59 Å². The van der Waals surface area contributed by atoms with Gasteiger partial charge in [-0.3, -0.25) is 9.36 Å². The molecule has 0 aliphatic heterocycles. The number of ether oxygens (including phenoxy) is 1. The van der Waals surface area contributed by atoms with Crippen LogP contribution in [0.2, 0.25) is 0 Å². The van der Waals surface area contributed by atoms with Gasteiger partial charge in [-0.2, -0.15) is 0 Å². The molecule has 0 aliphatic rings. The Morgan fingerprint density at radius 3 is 2.50 bits per heavy atom. The lowest BCUT2D eigenvalue weighted by Crippen LogP contribution is -2.18. The third-order valence-electron chi connectivity index (χ3n) is 2.74. The monoisotopic (exact) mass is 243 g/mol. The summed E-state index contributed by atoms with van der Waals surface area (Å²) >= 11 is 0. The van der Waals surface area contributed by atoms with Crippen molar-refractivity contribution in [3.05, 3.63) is 59.4 Å². The summed E-state index contributed by atoms with van der Waals surface area (Å²) in [6.07, 6.45) is 1.56. The van der Waals surface area contributed by atoms with Crippen LogP contribution < -0.4 is 0 Å². The van der Waals surface area contributed by atoms with Crippen LogP contribution in [0.5, 0.6) is 0 Å². The Balaban J connectivity index is 2.45. The van der Waals surface area contributed by atoms with Gasteiger partial charge in [0.2, 0.25) is 0 Å². The molecule has 0 spiro atoms. The molecule has 0 radical (unpaired) electrons. The predicted molar refractivity (Wildman–Crippen MR) is 66.7 cm³/mol. The quantitative estimate of drug-likeness (QED) is 0.760. The minimum atomic E-state index is -0.526. The van der Waals surface area contributed by atoms with Crippen molar-refractivity contribution >= 4 is 11.9 Å². The van der Waals surface area contributed by atoms with Crippen molar-refractivity contribution in [3.8, 4) is 0 Å². The first kappa shape index (κ1) is 12.1. The predicted octanol–water partition coefficient (Wildman–Crippen LogP) is 2.27. The van der Waals surface area contributed by atoms with Gasteiger partial charge in [-0.05, 0) is 30.7 Å². The van der Waals surface area contributed by atoms with Gasteiger partial charge in [-0.25, -0.2) is 4.79 Å². The number of nitrogens with zero attached hydrogens (tertiary/aromatic N) is 1. The second-order valence-electron chi connectivity index (χ2n) is 3.88. The van der Waals surface area contributed by atoms with Crippen LogP contribution in [0.4, 0.5) is 0 Å². The highest BCUT2D eigenvalue weighted by Gasteiger charge is 2.18. The molecule has 4 nitrogen and oxygen atoms in total. The highest BCUT2D eigenvalue weighted by molar-refractivity contribution is 6.02. The summed E-state index contributed by atoms with van der Waals surface area (Å²) in [5, 5.41) is 0. The third kappa shape index (κ3) is 2.05. The van der Waals surface area contributed by atoms with Crippen molar-refractivity contribution < 1.29 is 14.3 Å². The van der Waals surface area contributed by atoms with Gasteiger partial charge in [-0.15, -0.1) is 0 Å². The summed E-state index contributed by atoms with van der Waals surface area (Å²) in [6.45, 7) is 1.86. The van der Waals surface area contributed by atoms with Crippen LogP contribution in [0.1, 0.15) is 26.4 Å². The standard InChI is InChI=1S/C14H13NO3/c1-10-6-3-4-7-11(10)13(16)15-9-5-8-12(15)14(17)18-2/h3-9H,1-2H3. The van der Waals surface area contributed by atoms with E-state index in [-0.39, 0.29) is 11.6 Å². The van der Waals surface area contributed by atoms with Crippen molar-refractivity contribution in [2.24, 2.45) is 0 Å². The third-order valence-corrected chi connectivity index (χ3v) is 2.74. The van der Waals surface area contributed by atoms with Gasteiger partial charge >= 0.3 is 5.97 Å². The highest BCUT2D eigenvalue weighted by Crippen LogP contribution is 2.12. The van der Waals surface area contributed by atoms with Crippen molar-refractivity contribution in [2.75, 3.05) is 7.11 Å². The van der Waals surface area contributed by atoms with E-state index >= 15 is 0 Å². The van der Waals surface area contributed by atoms with Gasteiger partial charge in [0.1, 0.15) is 5.69 Å². The van der Waals surface area contributed by atoms with E-state index in [1.807, 2.05) is 19.1 Å². The molecular formula is C14H13NO3. The Bertz CT molecular complexity index is 599. The fourth-order valence-corrected chi connectivity index (χ4v) is 1.77. The van der Waals surface area contributed by atoms with Crippen molar-refractivity contribution in [2.45, 2.75) is 6.92 Å². The highest BCUT2D eigenvalue weighted by atomic mass is 16.5. The molecule has 1 heterocycles. The molecular weight excluding hydrogens is 230 g/mol. The number of aromatic nitrogens is 1. The lowest BCUT2D eigenvalue weighted by atomic mass is 10.1. The number of esters is 1. The van der Waals surface area contributed by atoms with Crippen molar-refractivity contribution in [3.63, 3.8) is 0 Å². The van der Waals surface area contributed by atoms with Crippen LogP contribution in [0.15, 0.2) is 42.6 Å². The van der Waals surface area contributed by atoms with Gasteiger partial charge in [0.25, 0.3) is 5.91 Å². The Kier molecular flexibility index (Phi) is 3.28. The summed E-state index contributed by atoms with van der Waals surface area (Å²) in [4.78, 5) is 23.8. The average Bonchev–Trinajstić information content (AvgIpc) is 2.86. The number of methoxy groups -OCH3 is 1. The molecule has 1 aromatic heterocycles. The summed E-state index contributed by atoms with van der Waals surface area (Å²) in [5.74, 6) is -0.763. The number of hydrogen-bond acceptors (Lipinski definition) is 3. The largest absolute Gasteiger partial charge is 0.464 e. The molecule has 0 atom stereocenters. The zero-order valence-electron chi connectivity index (χ0n) is 10.2. The number of benzene rings is 1. The molecule has 18 heavy (non-hydrogen) atoms. The summed E-state index contributed by atoms with van der Waals surface area (Å²) in [5.41, 5.74) is 1.66. The number of carbonyl (C=O) groups excluding carboxylic acids is 2. The second-order valence-corrected chi connectivity index (χ2v) is 3.88. The number of aryl methyl sites for hydroxylation is 1.